The number of hydrogen-bond acceptors (Lipinski definition) is 5. The van der Waals surface area contributed by atoms with Crippen LogP contribution >= 0.6 is 11.8 Å². The highest BCUT2D eigenvalue weighted by Crippen LogP contribution is 2.22. The van der Waals surface area contributed by atoms with Crippen LogP contribution in [0.2, 0.25) is 0 Å². The van der Waals surface area contributed by atoms with Gasteiger partial charge in [-0.15, -0.1) is 0 Å². The highest BCUT2D eigenvalue weighted by atomic mass is 32.2. The molecule has 0 amide bonds. The fourth-order valence-corrected chi connectivity index (χ4v) is 3.25. The second kappa shape index (κ2) is 6.85. The Balaban J connectivity index is 1.72. The SMILES string of the molecule is COC(=O)c1coc(CNCC2CCSCC2)c1. The van der Waals surface area contributed by atoms with Gasteiger partial charge in [-0.2, -0.15) is 11.8 Å². The molecule has 0 atom stereocenters. The lowest BCUT2D eigenvalue weighted by Gasteiger charge is -2.21. The molecule has 1 aliphatic rings. The second-order valence-electron chi connectivity index (χ2n) is 4.48. The van der Waals surface area contributed by atoms with Crippen molar-refractivity contribution in [2.24, 2.45) is 5.92 Å². The van der Waals surface area contributed by atoms with Crippen molar-refractivity contribution >= 4 is 17.7 Å². The van der Waals surface area contributed by atoms with Gasteiger partial charge in [0.1, 0.15) is 12.0 Å². The smallest absolute Gasteiger partial charge is 0.341 e. The quantitative estimate of drug-likeness (QED) is 0.831. The monoisotopic (exact) mass is 269 g/mol. The van der Waals surface area contributed by atoms with Gasteiger partial charge in [-0.05, 0) is 42.9 Å². The van der Waals surface area contributed by atoms with Gasteiger partial charge < -0.3 is 14.5 Å². The van der Waals surface area contributed by atoms with Crippen LogP contribution in [0.1, 0.15) is 29.0 Å². The molecule has 2 rings (SSSR count). The Kier molecular flexibility index (Phi) is 5.13. The summed E-state index contributed by atoms with van der Waals surface area (Å²) in [5.74, 6) is 3.76. The Morgan fingerprint density at radius 2 is 2.33 bits per heavy atom. The Morgan fingerprint density at radius 1 is 1.56 bits per heavy atom. The molecule has 1 saturated heterocycles. The maximum atomic E-state index is 11.2. The molecule has 1 aromatic heterocycles. The van der Waals surface area contributed by atoms with E-state index in [2.05, 4.69) is 10.1 Å². The standard InChI is InChI=1S/C13H19NO3S/c1-16-13(15)11-6-12(17-9-11)8-14-7-10-2-4-18-5-3-10/h6,9-10,14H,2-5,7-8H2,1H3. The molecule has 0 spiro atoms. The summed E-state index contributed by atoms with van der Waals surface area (Å²) in [5, 5.41) is 3.39. The molecule has 100 valence electrons. The fraction of sp³-hybridized carbons (Fsp3) is 0.615. The third kappa shape index (κ3) is 3.78. The minimum Gasteiger partial charge on any atom is -0.467 e. The van der Waals surface area contributed by atoms with Gasteiger partial charge in [-0.25, -0.2) is 4.79 Å². The van der Waals surface area contributed by atoms with Gasteiger partial charge >= 0.3 is 5.97 Å². The van der Waals surface area contributed by atoms with Crippen molar-refractivity contribution < 1.29 is 13.9 Å². The van der Waals surface area contributed by atoms with Crippen molar-refractivity contribution in [3.63, 3.8) is 0 Å². The zero-order chi connectivity index (χ0) is 12.8. The number of esters is 1. The Hall–Kier alpha value is -0.940. The molecule has 2 heterocycles. The van der Waals surface area contributed by atoms with Crippen LogP contribution in [0.4, 0.5) is 0 Å². The maximum absolute atomic E-state index is 11.2. The van der Waals surface area contributed by atoms with Crippen LogP contribution in [0.5, 0.6) is 0 Å². The summed E-state index contributed by atoms with van der Waals surface area (Å²) in [7, 11) is 1.37. The zero-order valence-corrected chi connectivity index (χ0v) is 11.4. The summed E-state index contributed by atoms with van der Waals surface area (Å²) in [4.78, 5) is 11.2. The van der Waals surface area contributed by atoms with Crippen molar-refractivity contribution in [1.29, 1.82) is 0 Å². The van der Waals surface area contributed by atoms with Crippen LogP contribution in [-0.2, 0) is 11.3 Å². The van der Waals surface area contributed by atoms with E-state index in [1.54, 1.807) is 6.07 Å². The highest BCUT2D eigenvalue weighted by Gasteiger charge is 2.14. The van der Waals surface area contributed by atoms with Crippen molar-refractivity contribution in [2.75, 3.05) is 25.2 Å². The molecule has 1 N–H and O–H groups in total. The molecule has 0 bridgehead atoms. The normalized spacial score (nSPS) is 16.7. The summed E-state index contributed by atoms with van der Waals surface area (Å²) >= 11 is 2.04. The maximum Gasteiger partial charge on any atom is 0.341 e. The molecular weight excluding hydrogens is 250 g/mol. The van der Waals surface area contributed by atoms with E-state index in [0.717, 1.165) is 18.2 Å². The summed E-state index contributed by atoms with van der Waals surface area (Å²) in [6, 6.07) is 1.73. The average molecular weight is 269 g/mol. The second-order valence-corrected chi connectivity index (χ2v) is 5.70. The van der Waals surface area contributed by atoms with E-state index in [1.165, 1.54) is 37.7 Å². The van der Waals surface area contributed by atoms with E-state index in [1.807, 2.05) is 11.8 Å². The lowest BCUT2D eigenvalue weighted by atomic mass is 10.0. The number of carbonyl (C=O) groups is 1. The van der Waals surface area contributed by atoms with E-state index >= 15 is 0 Å². The molecular formula is C13H19NO3S. The Labute approximate surface area is 111 Å². The van der Waals surface area contributed by atoms with E-state index in [4.69, 9.17) is 4.42 Å². The van der Waals surface area contributed by atoms with Gasteiger partial charge in [0.05, 0.1) is 19.2 Å². The number of ether oxygens (including phenoxy) is 1. The van der Waals surface area contributed by atoms with Gasteiger partial charge in [0.25, 0.3) is 0 Å². The van der Waals surface area contributed by atoms with Crippen LogP contribution < -0.4 is 5.32 Å². The largest absolute Gasteiger partial charge is 0.467 e. The summed E-state index contributed by atoms with van der Waals surface area (Å²) in [6.07, 6.45) is 4.03. The lowest BCUT2D eigenvalue weighted by Crippen LogP contribution is -2.25. The first-order valence-corrected chi connectivity index (χ1v) is 7.39. The first-order chi connectivity index (χ1) is 8.79. The third-order valence-corrected chi connectivity index (χ3v) is 4.20. The number of carbonyl (C=O) groups excluding carboxylic acids is 1. The van der Waals surface area contributed by atoms with E-state index in [9.17, 15) is 4.79 Å². The number of thioether (sulfide) groups is 1. The molecule has 0 radical (unpaired) electrons. The predicted molar refractivity (Wildman–Crippen MR) is 71.8 cm³/mol. The van der Waals surface area contributed by atoms with E-state index < -0.39 is 0 Å². The first-order valence-electron chi connectivity index (χ1n) is 6.24. The highest BCUT2D eigenvalue weighted by molar-refractivity contribution is 7.99. The molecule has 0 saturated carbocycles. The molecule has 4 nitrogen and oxygen atoms in total. The average Bonchev–Trinajstić information content (AvgIpc) is 2.88. The molecule has 1 fully saturated rings. The summed E-state index contributed by atoms with van der Waals surface area (Å²) in [6.45, 7) is 1.69. The minimum atomic E-state index is -0.352. The van der Waals surface area contributed by atoms with Crippen LogP contribution in [0.25, 0.3) is 0 Å². The zero-order valence-electron chi connectivity index (χ0n) is 10.6. The number of nitrogens with one attached hydrogen (secondary N) is 1. The number of hydrogen-bond donors (Lipinski definition) is 1. The lowest BCUT2D eigenvalue weighted by molar-refractivity contribution is 0.0600. The van der Waals surface area contributed by atoms with Gasteiger partial charge in [-0.1, -0.05) is 0 Å². The van der Waals surface area contributed by atoms with Crippen molar-refractivity contribution in [2.45, 2.75) is 19.4 Å². The van der Waals surface area contributed by atoms with Crippen molar-refractivity contribution in [1.82, 2.24) is 5.32 Å². The van der Waals surface area contributed by atoms with Gasteiger partial charge in [-0.3, -0.25) is 0 Å². The van der Waals surface area contributed by atoms with E-state index in [-0.39, 0.29) is 5.97 Å². The van der Waals surface area contributed by atoms with Gasteiger partial charge in [0.2, 0.25) is 0 Å². The first kappa shape index (κ1) is 13.5. The van der Waals surface area contributed by atoms with Crippen LogP contribution in [0, 0.1) is 5.92 Å². The third-order valence-electron chi connectivity index (χ3n) is 3.15. The molecule has 5 heteroatoms. The Bertz CT molecular complexity index is 385. The topological polar surface area (TPSA) is 51.5 Å². The minimum absolute atomic E-state index is 0.352. The van der Waals surface area contributed by atoms with Gasteiger partial charge in [0, 0.05) is 0 Å². The Morgan fingerprint density at radius 3 is 3.06 bits per heavy atom. The van der Waals surface area contributed by atoms with Gasteiger partial charge in [0.15, 0.2) is 0 Å². The fourth-order valence-electron chi connectivity index (χ4n) is 2.05. The van der Waals surface area contributed by atoms with Crippen molar-refractivity contribution in [3.8, 4) is 0 Å². The molecule has 1 aromatic rings. The number of furan rings is 1. The molecule has 0 aliphatic carbocycles. The van der Waals surface area contributed by atoms with Crippen LogP contribution in [0.15, 0.2) is 16.7 Å². The van der Waals surface area contributed by atoms with Crippen LogP contribution in [0.3, 0.4) is 0 Å². The molecule has 0 unspecified atom stereocenters. The van der Waals surface area contributed by atoms with Crippen molar-refractivity contribution in [3.05, 3.63) is 23.7 Å². The number of methoxy groups -OCH3 is 1. The predicted octanol–water partition coefficient (Wildman–Crippen LogP) is 2.30. The number of rotatable bonds is 5. The van der Waals surface area contributed by atoms with E-state index in [0.29, 0.717) is 12.1 Å². The van der Waals surface area contributed by atoms with Crippen LogP contribution in [-0.4, -0.2) is 31.1 Å². The summed E-state index contributed by atoms with van der Waals surface area (Å²) in [5.41, 5.74) is 0.475. The molecule has 1 aliphatic heterocycles. The molecule has 18 heavy (non-hydrogen) atoms. The molecule has 0 aromatic carbocycles. The summed E-state index contributed by atoms with van der Waals surface area (Å²) < 4.78 is 9.94.